The van der Waals surface area contributed by atoms with Crippen molar-refractivity contribution in [3.63, 3.8) is 0 Å². The number of anilines is 2. The predicted molar refractivity (Wildman–Crippen MR) is 144 cm³/mol. The number of benzene rings is 2. The van der Waals surface area contributed by atoms with Crippen molar-refractivity contribution in [3.8, 4) is 0 Å². The minimum Gasteiger partial charge on any atom is -0.353 e. The third-order valence-corrected chi connectivity index (χ3v) is 9.56. The zero-order valence-electron chi connectivity index (χ0n) is 21.5. The Morgan fingerprint density at radius 1 is 0.944 bits per heavy atom. The van der Waals surface area contributed by atoms with Gasteiger partial charge in [-0.2, -0.15) is 0 Å². The number of carbonyl (C=O) groups is 2. The molecule has 2 aromatic carbocycles. The number of urea groups is 1. The lowest BCUT2D eigenvalue weighted by Crippen LogP contribution is -2.56. The van der Waals surface area contributed by atoms with Gasteiger partial charge in [-0.05, 0) is 117 Å². The minimum absolute atomic E-state index is 0.0979. The van der Waals surface area contributed by atoms with Crippen molar-refractivity contribution in [1.29, 1.82) is 0 Å². The molecule has 4 saturated carbocycles. The topological polar surface area (TPSA) is 61.4 Å². The summed E-state index contributed by atoms with van der Waals surface area (Å²) in [5.74, 6) is 2.78. The summed E-state index contributed by atoms with van der Waals surface area (Å²) in [5, 5.41) is 6.43. The molecule has 0 spiro atoms. The third-order valence-electron chi connectivity index (χ3n) is 9.56. The van der Waals surface area contributed by atoms with Crippen molar-refractivity contribution >= 4 is 23.3 Å². The number of carbonyl (C=O) groups excluding carboxylic acids is 2. The van der Waals surface area contributed by atoms with E-state index in [2.05, 4.69) is 23.6 Å². The van der Waals surface area contributed by atoms with Crippen LogP contribution in [-0.4, -0.2) is 24.5 Å². The van der Waals surface area contributed by atoms with Crippen molar-refractivity contribution in [3.05, 3.63) is 59.7 Å². The van der Waals surface area contributed by atoms with Gasteiger partial charge in [0.2, 0.25) is 5.91 Å². The highest BCUT2D eigenvalue weighted by Crippen LogP contribution is 2.61. The second-order valence-corrected chi connectivity index (χ2v) is 12.1. The molecule has 5 nitrogen and oxygen atoms in total. The van der Waals surface area contributed by atoms with Crippen molar-refractivity contribution in [2.45, 2.75) is 77.2 Å². The van der Waals surface area contributed by atoms with Gasteiger partial charge in [0, 0.05) is 24.0 Å². The highest BCUT2D eigenvalue weighted by molar-refractivity contribution is 6.02. The van der Waals surface area contributed by atoms with E-state index in [0.29, 0.717) is 11.8 Å². The highest BCUT2D eigenvalue weighted by atomic mass is 16.2. The van der Waals surface area contributed by atoms with Crippen LogP contribution in [0, 0.1) is 23.2 Å². The monoisotopic (exact) mass is 485 g/mol. The number of rotatable bonds is 5. The highest BCUT2D eigenvalue weighted by Gasteiger charge is 2.53. The van der Waals surface area contributed by atoms with Gasteiger partial charge in [-0.3, -0.25) is 9.69 Å². The van der Waals surface area contributed by atoms with Crippen LogP contribution in [0.1, 0.15) is 69.4 Å². The van der Waals surface area contributed by atoms with E-state index < -0.39 is 0 Å². The summed E-state index contributed by atoms with van der Waals surface area (Å²) >= 11 is 0. The van der Waals surface area contributed by atoms with Crippen LogP contribution in [0.25, 0.3) is 0 Å². The number of fused-ring (bicyclic) bond motifs is 1. The molecule has 4 aliphatic carbocycles. The van der Waals surface area contributed by atoms with E-state index in [1.54, 1.807) is 0 Å². The average Bonchev–Trinajstić information content (AvgIpc) is 3.07. The largest absolute Gasteiger partial charge is 0.353 e. The Labute approximate surface area is 215 Å². The summed E-state index contributed by atoms with van der Waals surface area (Å²) in [6.07, 6.45) is 11.7. The Balaban J connectivity index is 1.05. The van der Waals surface area contributed by atoms with Gasteiger partial charge in [0.1, 0.15) is 0 Å². The number of amides is 3. The van der Waals surface area contributed by atoms with E-state index in [9.17, 15) is 9.59 Å². The summed E-state index contributed by atoms with van der Waals surface area (Å²) in [4.78, 5) is 27.9. The molecule has 7 rings (SSSR count). The second kappa shape index (κ2) is 9.57. The Bertz CT molecular complexity index is 1090. The fraction of sp³-hybridized carbons (Fsp3) is 0.548. The molecule has 2 N–H and O–H groups in total. The molecule has 0 saturated heterocycles. The minimum atomic E-state index is -0.0979. The molecule has 5 heteroatoms. The van der Waals surface area contributed by atoms with Crippen molar-refractivity contribution in [2.75, 3.05) is 16.8 Å². The normalized spacial score (nSPS) is 29.2. The maximum absolute atomic E-state index is 13.1. The molecular weight excluding hydrogens is 446 g/mol. The quantitative estimate of drug-likeness (QED) is 0.520. The van der Waals surface area contributed by atoms with Crippen LogP contribution in [0.15, 0.2) is 48.5 Å². The third kappa shape index (κ3) is 4.65. The summed E-state index contributed by atoms with van der Waals surface area (Å²) < 4.78 is 0. The van der Waals surface area contributed by atoms with E-state index in [1.165, 1.54) is 44.1 Å². The SMILES string of the molecule is C[C@H](NC(=O)Cc1ccc(NC(=O)N2CCCCc3ccccc32)cc1)C12CC3CC(CC(C3)C1)C2. The van der Waals surface area contributed by atoms with Crippen LogP contribution >= 0.6 is 0 Å². The molecule has 190 valence electrons. The molecule has 3 amide bonds. The standard InChI is InChI=1S/C31H39N3O2/c1-21(31-18-23-14-24(19-31)16-25(15-23)20-31)32-29(35)17-22-9-11-27(12-10-22)33-30(36)34-13-5-4-7-26-6-2-3-8-28(26)34/h2-3,6,8-12,21,23-25H,4-5,7,13-20H2,1H3,(H,32,35)(H,33,36)/t21-,23?,24?,25?,31?/m0/s1. The molecule has 1 aliphatic heterocycles. The van der Waals surface area contributed by atoms with Crippen LogP contribution in [-0.2, 0) is 17.6 Å². The molecule has 0 unspecified atom stereocenters. The molecule has 1 heterocycles. The lowest BCUT2D eigenvalue weighted by molar-refractivity contribution is -0.125. The molecule has 36 heavy (non-hydrogen) atoms. The number of aryl methyl sites for hydroxylation is 1. The van der Waals surface area contributed by atoms with Gasteiger partial charge in [-0.15, -0.1) is 0 Å². The maximum Gasteiger partial charge on any atom is 0.326 e. The van der Waals surface area contributed by atoms with Gasteiger partial charge < -0.3 is 10.6 Å². The summed E-state index contributed by atoms with van der Waals surface area (Å²) in [6.45, 7) is 2.97. The zero-order chi connectivity index (χ0) is 24.7. The van der Waals surface area contributed by atoms with E-state index in [0.717, 1.165) is 60.5 Å². The molecule has 2 aromatic rings. The van der Waals surface area contributed by atoms with Crippen molar-refractivity contribution < 1.29 is 9.59 Å². The van der Waals surface area contributed by atoms with E-state index in [1.807, 2.05) is 47.4 Å². The predicted octanol–water partition coefficient (Wildman–Crippen LogP) is 6.33. The van der Waals surface area contributed by atoms with Crippen molar-refractivity contribution in [1.82, 2.24) is 5.32 Å². The smallest absolute Gasteiger partial charge is 0.326 e. The molecule has 4 fully saturated rings. The average molecular weight is 486 g/mol. The Kier molecular flexibility index (Phi) is 6.27. The molecule has 4 bridgehead atoms. The lowest BCUT2D eigenvalue weighted by Gasteiger charge is -2.59. The second-order valence-electron chi connectivity index (χ2n) is 12.1. The van der Waals surface area contributed by atoms with Crippen LogP contribution < -0.4 is 15.5 Å². The lowest BCUT2D eigenvalue weighted by atomic mass is 9.48. The Morgan fingerprint density at radius 2 is 1.61 bits per heavy atom. The van der Waals surface area contributed by atoms with Gasteiger partial charge in [-0.25, -0.2) is 4.79 Å². The zero-order valence-corrected chi connectivity index (χ0v) is 21.5. The van der Waals surface area contributed by atoms with Gasteiger partial charge in [0.25, 0.3) is 0 Å². The first-order chi connectivity index (χ1) is 17.5. The molecule has 0 radical (unpaired) electrons. The van der Waals surface area contributed by atoms with Gasteiger partial charge in [0.05, 0.1) is 6.42 Å². The molecule has 0 aromatic heterocycles. The fourth-order valence-corrected chi connectivity index (χ4v) is 8.14. The Hall–Kier alpha value is -2.82. The van der Waals surface area contributed by atoms with Gasteiger partial charge in [0.15, 0.2) is 0 Å². The number of nitrogens with one attached hydrogen (secondary N) is 2. The van der Waals surface area contributed by atoms with E-state index in [-0.39, 0.29) is 18.0 Å². The van der Waals surface area contributed by atoms with Gasteiger partial charge in [-0.1, -0.05) is 30.3 Å². The first-order valence-electron chi connectivity index (χ1n) is 14.0. The van der Waals surface area contributed by atoms with Gasteiger partial charge >= 0.3 is 6.03 Å². The molecule has 5 aliphatic rings. The molecular formula is C31H39N3O2. The fourth-order valence-electron chi connectivity index (χ4n) is 8.14. The first-order valence-corrected chi connectivity index (χ1v) is 14.0. The van der Waals surface area contributed by atoms with Crippen molar-refractivity contribution in [2.24, 2.45) is 23.2 Å². The van der Waals surface area contributed by atoms with E-state index in [4.69, 9.17) is 0 Å². The number of para-hydroxylation sites is 1. The van der Waals surface area contributed by atoms with E-state index >= 15 is 0 Å². The van der Waals surface area contributed by atoms with Crippen LogP contribution in [0.3, 0.4) is 0 Å². The maximum atomic E-state index is 13.1. The summed E-state index contributed by atoms with van der Waals surface area (Å²) in [5.41, 5.74) is 4.30. The van der Waals surface area contributed by atoms with Crippen LogP contribution in [0.5, 0.6) is 0 Å². The number of hydrogen-bond acceptors (Lipinski definition) is 2. The number of nitrogens with zero attached hydrogens (tertiary/aromatic N) is 1. The first kappa shape index (κ1) is 23.6. The van der Waals surface area contributed by atoms with Crippen LogP contribution in [0.4, 0.5) is 16.2 Å². The molecule has 1 atom stereocenters. The number of hydrogen-bond donors (Lipinski definition) is 2. The Morgan fingerprint density at radius 3 is 2.31 bits per heavy atom. The van der Waals surface area contributed by atoms with Crippen LogP contribution in [0.2, 0.25) is 0 Å². The summed E-state index contributed by atoms with van der Waals surface area (Å²) in [6, 6.07) is 16.1. The summed E-state index contributed by atoms with van der Waals surface area (Å²) in [7, 11) is 0.